The molecular weight excluding hydrogens is 286 g/mol. The maximum atomic E-state index is 12.7. The predicted molar refractivity (Wildman–Crippen MR) is 86.7 cm³/mol. The Bertz CT molecular complexity index is 523. The molecule has 1 aromatic heterocycles. The molecule has 21 heavy (non-hydrogen) atoms. The van der Waals surface area contributed by atoms with E-state index in [0.717, 1.165) is 12.1 Å². The largest absolute Gasteiger partial charge is 0.363 e. The van der Waals surface area contributed by atoms with Crippen LogP contribution in [0.4, 0.5) is 0 Å². The van der Waals surface area contributed by atoms with Gasteiger partial charge in [-0.05, 0) is 12.0 Å². The summed E-state index contributed by atoms with van der Waals surface area (Å²) in [4.78, 5) is 3.40. The summed E-state index contributed by atoms with van der Waals surface area (Å²) in [5, 5.41) is 3.27. The van der Waals surface area contributed by atoms with Gasteiger partial charge in [-0.25, -0.2) is 8.42 Å². The average Bonchev–Trinajstić information content (AvgIpc) is 2.91. The van der Waals surface area contributed by atoms with Crippen molar-refractivity contribution in [3.8, 4) is 0 Å². The molecule has 1 unspecified atom stereocenters. The van der Waals surface area contributed by atoms with E-state index >= 15 is 0 Å². The number of rotatable bonds is 9. The Kier molecular flexibility index (Phi) is 6.90. The first-order valence-electron chi connectivity index (χ1n) is 7.72. The van der Waals surface area contributed by atoms with Crippen LogP contribution in [0.25, 0.3) is 0 Å². The number of aromatic nitrogens is 1. The standard InChI is InChI=1S/C15H29N3O2S/c1-6-13(5)11-18(7-2)21(19,20)15-8-14(17-10-15)9-16-12(3)4/h8,10,12-13,16-17H,6-7,9,11H2,1-5H3. The fourth-order valence-electron chi connectivity index (χ4n) is 2.01. The number of hydrogen-bond donors (Lipinski definition) is 2. The number of aromatic amines is 1. The van der Waals surface area contributed by atoms with E-state index < -0.39 is 10.0 Å². The Hall–Kier alpha value is -0.850. The third-order valence-electron chi connectivity index (χ3n) is 3.62. The summed E-state index contributed by atoms with van der Waals surface area (Å²) in [6.45, 7) is 11.9. The number of nitrogens with zero attached hydrogens (tertiary/aromatic N) is 1. The highest BCUT2D eigenvalue weighted by molar-refractivity contribution is 7.89. The van der Waals surface area contributed by atoms with Crippen LogP contribution in [0.3, 0.4) is 0 Å². The zero-order valence-corrected chi connectivity index (χ0v) is 14.6. The molecule has 0 aromatic carbocycles. The van der Waals surface area contributed by atoms with Gasteiger partial charge < -0.3 is 10.3 Å². The Morgan fingerprint density at radius 2 is 1.95 bits per heavy atom. The van der Waals surface area contributed by atoms with Crippen molar-refractivity contribution in [2.24, 2.45) is 5.92 Å². The molecule has 5 nitrogen and oxygen atoms in total. The van der Waals surface area contributed by atoms with Crippen LogP contribution >= 0.6 is 0 Å². The van der Waals surface area contributed by atoms with E-state index in [0.29, 0.717) is 36.5 Å². The minimum atomic E-state index is -3.40. The minimum Gasteiger partial charge on any atom is -0.363 e. The minimum absolute atomic E-state index is 0.355. The van der Waals surface area contributed by atoms with Crippen molar-refractivity contribution in [3.05, 3.63) is 18.0 Å². The fourth-order valence-corrected chi connectivity index (χ4v) is 3.59. The van der Waals surface area contributed by atoms with E-state index in [1.165, 1.54) is 0 Å². The maximum Gasteiger partial charge on any atom is 0.244 e. The van der Waals surface area contributed by atoms with E-state index in [2.05, 4.69) is 38.0 Å². The van der Waals surface area contributed by atoms with Crippen LogP contribution in [-0.2, 0) is 16.6 Å². The molecule has 2 N–H and O–H groups in total. The van der Waals surface area contributed by atoms with E-state index in [9.17, 15) is 8.42 Å². The fraction of sp³-hybridized carbons (Fsp3) is 0.733. The molecule has 0 aliphatic rings. The second-order valence-electron chi connectivity index (χ2n) is 5.87. The van der Waals surface area contributed by atoms with Crippen molar-refractivity contribution in [1.29, 1.82) is 0 Å². The molecule has 1 heterocycles. The smallest absolute Gasteiger partial charge is 0.244 e. The molecule has 0 spiro atoms. The molecule has 0 aliphatic carbocycles. The van der Waals surface area contributed by atoms with Gasteiger partial charge in [-0.15, -0.1) is 0 Å². The van der Waals surface area contributed by atoms with Crippen molar-refractivity contribution >= 4 is 10.0 Å². The molecule has 122 valence electrons. The predicted octanol–water partition coefficient (Wildman–Crippen LogP) is 2.57. The molecule has 1 rings (SSSR count). The van der Waals surface area contributed by atoms with Crippen molar-refractivity contribution in [1.82, 2.24) is 14.6 Å². The van der Waals surface area contributed by atoms with Gasteiger partial charge in [0.05, 0.1) is 4.90 Å². The lowest BCUT2D eigenvalue weighted by atomic mass is 10.1. The normalized spacial score (nSPS) is 14.0. The Labute approximate surface area is 129 Å². The van der Waals surface area contributed by atoms with Crippen molar-refractivity contribution < 1.29 is 8.42 Å². The van der Waals surface area contributed by atoms with E-state index in [1.807, 2.05) is 6.92 Å². The average molecular weight is 315 g/mol. The van der Waals surface area contributed by atoms with Crippen LogP contribution in [0.1, 0.15) is 46.7 Å². The highest BCUT2D eigenvalue weighted by atomic mass is 32.2. The van der Waals surface area contributed by atoms with E-state index in [1.54, 1.807) is 16.6 Å². The van der Waals surface area contributed by atoms with Gasteiger partial charge in [-0.3, -0.25) is 0 Å². The molecule has 6 heteroatoms. The Morgan fingerprint density at radius 1 is 1.29 bits per heavy atom. The molecule has 0 radical (unpaired) electrons. The van der Waals surface area contributed by atoms with E-state index in [-0.39, 0.29) is 0 Å². The van der Waals surface area contributed by atoms with Gasteiger partial charge >= 0.3 is 0 Å². The van der Waals surface area contributed by atoms with Crippen LogP contribution in [0.15, 0.2) is 17.2 Å². The third-order valence-corrected chi connectivity index (χ3v) is 5.54. The number of nitrogens with one attached hydrogen (secondary N) is 2. The van der Waals surface area contributed by atoms with Gasteiger partial charge in [-0.1, -0.05) is 41.0 Å². The first-order chi connectivity index (χ1) is 9.81. The van der Waals surface area contributed by atoms with Gasteiger partial charge in [0.1, 0.15) is 0 Å². The molecule has 1 atom stereocenters. The summed E-state index contributed by atoms with van der Waals surface area (Å²) in [5.41, 5.74) is 0.891. The highest BCUT2D eigenvalue weighted by Crippen LogP contribution is 2.18. The third kappa shape index (κ3) is 5.13. The second-order valence-corrected chi connectivity index (χ2v) is 7.80. The molecule has 0 fully saturated rings. The van der Waals surface area contributed by atoms with Crippen molar-refractivity contribution in [2.75, 3.05) is 13.1 Å². The zero-order chi connectivity index (χ0) is 16.0. The molecule has 0 amide bonds. The number of H-pyrrole nitrogens is 1. The topological polar surface area (TPSA) is 65.2 Å². The summed E-state index contributed by atoms with van der Waals surface area (Å²) in [7, 11) is -3.40. The summed E-state index contributed by atoms with van der Waals surface area (Å²) < 4.78 is 26.9. The molecule has 1 aromatic rings. The number of sulfonamides is 1. The molecule has 0 saturated heterocycles. The summed E-state index contributed by atoms with van der Waals surface area (Å²) in [6.07, 6.45) is 2.56. The summed E-state index contributed by atoms with van der Waals surface area (Å²) in [5.74, 6) is 0.362. The van der Waals surface area contributed by atoms with Crippen LogP contribution < -0.4 is 5.32 Å². The first-order valence-corrected chi connectivity index (χ1v) is 9.16. The van der Waals surface area contributed by atoms with Gasteiger partial charge in [-0.2, -0.15) is 4.31 Å². The van der Waals surface area contributed by atoms with Crippen LogP contribution in [0, 0.1) is 5.92 Å². The highest BCUT2D eigenvalue weighted by Gasteiger charge is 2.25. The SMILES string of the molecule is CCC(C)CN(CC)S(=O)(=O)c1c[nH]c(CNC(C)C)c1. The van der Waals surface area contributed by atoms with Crippen LogP contribution in [0.5, 0.6) is 0 Å². The van der Waals surface area contributed by atoms with Crippen LogP contribution in [0.2, 0.25) is 0 Å². The molecular formula is C15H29N3O2S. The first kappa shape index (κ1) is 18.2. The zero-order valence-electron chi connectivity index (χ0n) is 13.8. The Balaban J connectivity index is 2.85. The van der Waals surface area contributed by atoms with Crippen molar-refractivity contribution in [3.63, 3.8) is 0 Å². The molecule has 0 saturated carbocycles. The lowest BCUT2D eigenvalue weighted by molar-refractivity contribution is 0.361. The van der Waals surface area contributed by atoms with E-state index in [4.69, 9.17) is 0 Å². The summed E-state index contributed by atoms with van der Waals surface area (Å²) in [6, 6.07) is 2.09. The monoisotopic (exact) mass is 315 g/mol. The lowest BCUT2D eigenvalue weighted by Gasteiger charge is -2.22. The second kappa shape index (κ2) is 7.96. The quantitative estimate of drug-likeness (QED) is 0.736. The van der Waals surface area contributed by atoms with Gasteiger partial charge in [0, 0.05) is 37.6 Å². The van der Waals surface area contributed by atoms with Gasteiger partial charge in [0.15, 0.2) is 0 Å². The molecule has 0 bridgehead atoms. The summed E-state index contributed by atoms with van der Waals surface area (Å²) >= 11 is 0. The Morgan fingerprint density at radius 3 is 2.48 bits per heavy atom. The lowest BCUT2D eigenvalue weighted by Crippen LogP contribution is -2.34. The number of hydrogen-bond acceptors (Lipinski definition) is 3. The van der Waals surface area contributed by atoms with Crippen molar-refractivity contribution in [2.45, 2.75) is 58.5 Å². The van der Waals surface area contributed by atoms with Gasteiger partial charge in [0.25, 0.3) is 0 Å². The maximum absolute atomic E-state index is 12.7. The molecule has 0 aliphatic heterocycles. The van der Waals surface area contributed by atoms with Crippen LogP contribution in [-0.4, -0.2) is 36.8 Å². The van der Waals surface area contributed by atoms with Gasteiger partial charge in [0.2, 0.25) is 10.0 Å².